The van der Waals surface area contributed by atoms with Crippen molar-refractivity contribution in [1.82, 2.24) is 5.32 Å². The van der Waals surface area contributed by atoms with Crippen molar-refractivity contribution in [3.05, 3.63) is 29.3 Å². The molecule has 2 N–H and O–H groups in total. The number of benzene rings is 1. The Hall–Kier alpha value is -1.42. The van der Waals surface area contributed by atoms with Gasteiger partial charge < -0.3 is 10.6 Å². The summed E-state index contributed by atoms with van der Waals surface area (Å²) in [5, 5.41) is 6.34. The van der Waals surface area contributed by atoms with Crippen LogP contribution in [0.25, 0.3) is 0 Å². The summed E-state index contributed by atoms with van der Waals surface area (Å²) < 4.78 is 0. The summed E-state index contributed by atoms with van der Waals surface area (Å²) in [6.45, 7) is 6.32. The highest BCUT2D eigenvalue weighted by atomic mass is 32.1. The number of thiocarbonyl (C=S) groups is 1. The fourth-order valence-electron chi connectivity index (χ4n) is 3.30. The third kappa shape index (κ3) is 11.1. The van der Waals surface area contributed by atoms with Crippen molar-refractivity contribution >= 4 is 28.9 Å². The first-order valence-corrected chi connectivity index (χ1v) is 11.1. The largest absolute Gasteiger partial charge is 0.332 e. The quantitative estimate of drug-likeness (QED) is 0.287. The first kappa shape index (κ1) is 23.6. The van der Waals surface area contributed by atoms with Crippen LogP contribution in [0.15, 0.2) is 18.2 Å². The zero-order chi connectivity index (χ0) is 19.9. The van der Waals surface area contributed by atoms with Crippen LogP contribution < -0.4 is 10.6 Å². The number of carbonyl (C=O) groups is 1. The molecule has 0 radical (unpaired) electrons. The fourth-order valence-corrected chi connectivity index (χ4v) is 3.51. The second-order valence-corrected chi connectivity index (χ2v) is 7.96. The third-order valence-electron chi connectivity index (χ3n) is 4.98. The average Bonchev–Trinajstić information content (AvgIpc) is 2.63. The molecule has 4 heteroatoms. The standard InChI is InChI=1S/C23H38N2OS/c1-4-5-6-7-8-9-10-11-12-13-14-18-21(26)24-23(27)25-22-19(2)16-15-17-20(22)3/h15-17H,4-14,18H2,1-3H3,(H2,24,25,26,27). The summed E-state index contributed by atoms with van der Waals surface area (Å²) in [6.07, 6.45) is 14.7. The SMILES string of the molecule is CCCCCCCCCCCCCC(=O)NC(=S)Nc1c(C)cccc1C. The molecule has 1 rings (SSSR count). The molecule has 0 aliphatic carbocycles. The third-order valence-corrected chi connectivity index (χ3v) is 5.18. The van der Waals surface area contributed by atoms with Gasteiger partial charge in [-0.2, -0.15) is 0 Å². The van der Waals surface area contributed by atoms with Gasteiger partial charge in [0.1, 0.15) is 0 Å². The lowest BCUT2D eigenvalue weighted by Crippen LogP contribution is -2.34. The van der Waals surface area contributed by atoms with Gasteiger partial charge in [0.15, 0.2) is 5.11 Å². The van der Waals surface area contributed by atoms with Crippen LogP contribution in [0.4, 0.5) is 5.69 Å². The Balaban J connectivity index is 2.05. The van der Waals surface area contributed by atoms with Crippen molar-refractivity contribution in [1.29, 1.82) is 0 Å². The van der Waals surface area contributed by atoms with Gasteiger partial charge in [0.25, 0.3) is 0 Å². The van der Waals surface area contributed by atoms with Crippen molar-refractivity contribution in [3.8, 4) is 0 Å². The molecule has 1 amide bonds. The number of hydrogen-bond acceptors (Lipinski definition) is 2. The normalized spacial score (nSPS) is 10.6. The van der Waals surface area contributed by atoms with E-state index >= 15 is 0 Å². The van der Waals surface area contributed by atoms with E-state index in [0.29, 0.717) is 11.5 Å². The van der Waals surface area contributed by atoms with Gasteiger partial charge in [0, 0.05) is 12.1 Å². The van der Waals surface area contributed by atoms with Gasteiger partial charge >= 0.3 is 0 Å². The molecular weight excluding hydrogens is 352 g/mol. The molecule has 0 aliphatic rings. The molecule has 0 bridgehead atoms. The number of carbonyl (C=O) groups excluding carboxylic acids is 1. The summed E-state index contributed by atoms with van der Waals surface area (Å²) >= 11 is 5.28. The topological polar surface area (TPSA) is 41.1 Å². The predicted molar refractivity (Wildman–Crippen MR) is 121 cm³/mol. The maximum Gasteiger partial charge on any atom is 0.226 e. The van der Waals surface area contributed by atoms with Crippen LogP contribution in [-0.2, 0) is 4.79 Å². The van der Waals surface area contributed by atoms with E-state index in [1.165, 1.54) is 57.8 Å². The Labute approximate surface area is 171 Å². The van der Waals surface area contributed by atoms with Crippen LogP contribution in [0.1, 0.15) is 95.1 Å². The molecule has 1 aromatic rings. The van der Waals surface area contributed by atoms with Crippen molar-refractivity contribution in [2.24, 2.45) is 0 Å². The molecule has 0 saturated carbocycles. The summed E-state index contributed by atoms with van der Waals surface area (Å²) in [5.41, 5.74) is 3.23. The van der Waals surface area contributed by atoms with Crippen LogP contribution in [-0.4, -0.2) is 11.0 Å². The number of amides is 1. The lowest BCUT2D eigenvalue weighted by atomic mass is 10.1. The van der Waals surface area contributed by atoms with Crippen molar-refractivity contribution in [3.63, 3.8) is 0 Å². The van der Waals surface area contributed by atoms with Crippen LogP contribution in [0, 0.1) is 13.8 Å². The molecule has 0 unspecified atom stereocenters. The van der Waals surface area contributed by atoms with Gasteiger partial charge in [0.05, 0.1) is 0 Å². The number of aryl methyl sites for hydroxylation is 2. The van der Waals surface area contributed by atoms with Crippen molar-refractivity contribution in [2.45, 2.75) is 97.8 Å². The molecule has 0 aliphatic heterocycles. The van der Waals surface area contributed by atoms with E-state index in [-0.39, 0.29) is 5.91 Å². The number of rotatable bonds is 13. The predicted octanol–water partition coefficient (Wildman–Crippen LogP) is 6.82. The maximum absolute atomic E-state index is 12.0. The van der Waals surface area contributed by atoms with E-state index in [2.05, 4.69) is 17.6 Å². The second kappa shape index (κ2) is 14.6. The van der Waals surface area contributed by atoms with Gasteiger partial charge in [-0.05, 0) is 43.6 Å². The summed E-state index contributed by atoms with van der Waals surface area (Å²) in [6, 6.07) is 6.08. The molecule has 0 aromatic heterocycles. The smallest absolute Gasteiger partial charge is 0.226 e. The number of anilines is 1. The Morgan fingerprint density at radius 2 is 1.33 bits per heavy atom. The minimum atomic E-state index is 0.00895. The molecule has 152 valence electrons. The van der Waals surface area contributed by atoms with Crippen LogP contribution in [0.3, 0.4) is 0 Å². The van der Waals surface area contributed by atoms with E-state index in [1.54, 1.807) is 0 Å². The molecular formula is C23H38N2OS. The average molecular weight is 391 g/mol. The molecule has 1 aromatic carbocycles. The lowest BCUT2D eigenvalue weighted by Gasteiger charge is -2.14. The summed E-state index contributed by atoms with van der Waals surface area (Å²) in [4.78, 5) is 12.0. The maximum atomic E-state index is 12.0. The number of nitrogens with one attached hydrogen (secondary N) is 2. The zero-order valence-corrected chi connectivity index (χ0v) is 18.4. The van der Waals surface area contributed by atoms with Crippen LogP contribution >= 0.6 is 12.2 Å². The summed E-state index contributed by atoms with van der Waals surface area (Å²) in [5.74, 6) is 0.00895. The molecule has 0 fully saturated rings. The summed E-state index contributed by atoms with van der Waals surface area (Å²) in [7, 11) is 0. The molecule has 3 nitrogen and oxygen atoms in total. The highest BCUT2D eigenvalue weighted by molar-refractivity contribution is 7.80. The van der Waals surface area contributed by atoms with E-state index in [1.807, 2.05) is 32.0 Å². The van der Waals surface area contributed by atoms with Crippen LogP contribution in [0.2, 0.25) is 0 Å². The zero-order valence-electron chi connectivity index (χ0n) is 17.5. The van der Waals surface area contributed by atoms with Crippen LogP contribution in [0.5, 0.6) is 0 Å². The monoisotopic (exact) mass is 390 g/mol. The van der Waals surface area contributed by atoms with E-state index < -0.39 is 0 Å². The van der Waals surface area contributed by atoms with E-state index in [4.69, 9.17) is 12.2 Å². The molecule has 0 atom stereocenters. The Morgan fingerprint density at radius 3 is 1.85 bits per heavy atom. The first-order chi connectivity index (χ1) is 13.0. The van der Waals surface area contributed by atoms with Gasteiger partial charge in [-0.15, -0.1) is 0 Å². The molecule has 0 spiro atoms. The number of unbranched alkanes of at least 4 members (excludes halogenated alkanes) is 10. The highest BCUT2D eigenvalue weighted by Crippen LogP contribution is 2.19. The van der Waals surface area contributed by atoms with E-state index in [9.17, 15) is 4.79 Å². The molecule has 0 saturated heterocycles. The number of hydrogen-bond donors (Lipinski definition) is 2. The van der Waals surface area contributed by atoms with Gasteiger partial charge in [0.2, 0.25) is 5.91 Å². The van der Waals surface area contributed by atoms with Gasteiger partial charge in [-0.1, -0.05) is 89.3 Å². The van der Waals surface area contributed by atoms with Crippen molar-refractivity contribution < 1.29 is 4.79 Å². The number of para-hydroxylation sites is 1. The minimum absolute atomic E-state index is 0.00895. The highest BCUT2D eigenvalue weighted by Gasteiger charge is 2.07. The second-order valence-electron chi connectivity index (χ2n) is 7.55. The lowest BCUT2D eigenvalue weighted by molar-refractivity contribution is -0.119. The minimum Gasteiger partial charge on any atom is -0.332 e. The van der Waals surface area contributed by atoms with Gasteiger partial charge in [-0.25, -0.2) is 0 Å². The van der Waals surface area contributed by atoms with Crippen molar-refractivity contribution in [2.75, 3.05) is 5.32 Å². The molecule has 0 heterocycles. The Bertz CT molecular complexity index is 551. The fraction of sp³-hybridized carbons (Fsp3) is 0.652. The molecule has 27 heavy (non-hydrogen) atoms. The Morgan fingerprint density at radius 1 is 0.852 bits per heavy atom. The Kier molecular flexibility index (Phi) is 12.8. The van der Waals surface area contributed by atoms with E-state index in [0.717, 1.165) is 29.7 Å². The first-order valence-electron chi connectivity index (χ1n) is 10.7. The van der Waals surface area contributed by atoms with Gasteiger partial charge in [-0.3, -0.25) is 4.79 Å².